The van der Waals surface area contributed by atoms with E-state index in [1.54, 1.807) is 36.4 Å². The molecule has 2 N–H and O–H groups in total. The molecule has 0 bridgehead atoms. The number of allylic oxidation sites excluding steroid dienone is 2. The highest BCUT2D eigenvalue weighted by Gasteiger charge is 2.69. The van der Waals surface area contributed by atoms with Crippen LogP contribution >= 0.6 is 0 Å². The van der Waals surface area contributed by atoms with Gasteiger partial charge in [-0.25, -0.2) is 0 Å². The van der Waals surface area contributed by atoms with Gasteiger partial charge in [0.2, 0.25) is 0 Å². The summed E-state index contributed by atoms with van der Waals surface area (Å²) in [6.45, 7) is 0. The molecule has 1 aliphatic carbocycles. The van der Waals surface area contributed by atoms with E-state index in [9.17, 15) is 10.5 Å². The van der Waals surface area contributed by atoms with Crippen LogP contribution in [0.5, 0.6) is 0 Å². The van der Waals surface area contributed by atoms with E-state index in [0.717, 1.165) is 5.56 Å². The van der Waals surface area contributed by atoms with Crippen molar-refractivity contribution in [3.8, 4) is 24.3 Å². The van der Waals surface area contributed by atoms with Gasteiger partial charge in [0.05, 0.1) is 23.8 Å². The smallest absolute Gasteiger partial charge is 0.150 e. The Bertz CT molecular complexity index is 720. The second-order valence-electron chi connectivity index (χ2n) is 4.49. The molecule has 3 atom stereocenters. The summed E-state index contributed by atoms with van der Waals surface area (Å²) in [5.41, 5.74) is 4.96. The molecule has 1 aromatic rings. The Hall–Kier alpha value is -3.28. The van der Waals surface area contributed by atoms with E-state index in [2.05, 4.69) is 6.07 Å². The minimum absolute atomic E-state index is 0.106. The molecule has 0 spiro atoms. The molecule has 1 saturated carbocycles. The molecular weight excluding hydrogens is 250 g/mol. The van der Waals surface area contributed by atoms with E-state index in [1.807, 2.05) is 12.1 Å². The van der Waals surface area contributed by atoms with Crippen LogP contribution in [0.25, 0.3) is 0 Å². The van der Waals surface area contributed by atoms with Crippen LogP contribution in [0.2, 0.25) is 0 Å². The first-order chi connectivity index (χ1) is 9.67. The molecule has 5 heteroatoms. The van der Waals surface area contributed by atoms with Gasteiger partial charge in [0, 0.05) is 5.92 Å². The van der Waals surface area contributed by atoms with Crippen molar-refractivity contribution in [2.24, 2.45) is 17.1 Å². The highest BCUT2D eigenvalue weighted by molar-refractivity contribution is 5.55. The van der Waals surface area contributed by atoms with Crippen molar-refractivity contribution < 1.29 is 0 Å². The fourth-order valence-electron chi connectivity index (χ4n) is 2.57. The summed E-state index contributed by atoms with van der Waals surface area (Å²) >= 11 is 0. The van der Waals surface area contributed by atoms with Crippen molar-refractivity contribution in [2.45, 2.75) is 5.92 Å². The van der Waals surface area contributed by atoms with Gasteiger partial charge in [0.1, 0.15) is 23.1 Å². The Morgan fingerprint density at radius 2 is 1.65 bits per heavy atom. The van der Waals surface area contributed by atoms with Crippen LogP contribution in [0.1, 0.15) is 11.5 Å². The normalized spacial score (nSPS) is 26.2. The monoisotopic (exact) mass is 259 g/mol. The molecule has 1 fully saturated rings. The van der Waals surface area contributed by atoms with Crippen LogP contribution in [0.15, 0.2) is 41.6 Å². The summed E-state index contributed by atoms with van der Waals surface area (Å²) in [7, 11) is 0. The van der Waals surface area contributed by atoms with E-state index in [0.29, 0.717) is 0 Å². The number of hydrogen-bond acceptors (Lipinski definition) is 5. The molecule has 1 aliphatic rings. The van der Waals surface area contributed by atoms with Crippen LogP contribution in [-0.2, 0) is 0 Å². The lowest BCUT2D eigenvalue weighted by molar-refractivity contribution is 0.719. The molecule has 0 aromatic heterocycles. The Morgan fingerprint density at radius 1 is 1.05 bits per heavy atom. The zero-order valence-electron chi connectivity index (χ0n) is 10.4. The van der Waals surface area contributed by atoms with Gasteiger partial charge in [0.15, 0.2) is 0 Å². The molecule has 0 amide bonds. The Balaban J connectivity index is 2.58. The van der Waals surface area contributed by atoms with Crippen molar-refractivity contribution in [3.05, 3.63) is 47.2 Å². The minimum atomic E-state index is -1.28. The Labute approximate surface area is 116 Å². The van der Waals surface area contributed by atoms with Crippen molar-refractivity contribution >= 4 is 0 Å². The lowest BCUT2D eigenvalue weighted by Gasteiger charge is -2.09. The maximum atomic E-state index is 9.47. The van der Waals surface area contributed by atoms with Crippen molar-refractivity contribution in [3.63, 3.8) is 0 Å². The predicted molar refractivity (Wildman–Crippen MR) is 68.8 cm³/mol. The fourth-order valence-corrected chi connectivity index (χ4v) is 2.57. The highest BCUT2D eigenvalue weighted by atomic mass is 14.8. The van der Waals surface area contributed by atoms with Gasteiger partial charge in [-0.3, -0.25) is 0 Å². The lowest BCUT2D eigenvalue weighted by atomic mass is 9.94. The number of nitrogens with zero attached hydrogens (tertiary/aromatic N) is 4. The molecule has 2 rings (SSSR count). The Kier molecular flexibility index (Phi) is 3.14. The summed E-state index contributed by atoms with van der Waals surface area (Å²) in [6, 6.07) is 16.5. The summed E-state index contributed by atoms with van der Waals surface area (Å²) in [4.78, 5) is 0. The van der Waals surface area contributed by atoms with Crippen molar-refractivity contribution in [1.82, 2.24) is 0 Å². The molecular formula is C15H9N5. The van der Waals surface area contributed by atoms with Crippen LogP contribution in [-0.4, -0.2) is 0 Å². The summed E-state index contributed by atoms with van der Waals surface area (Å²) < 4.78 is 0. The first-order valence-corrected chi connectivity index (χ1v) is 5.83. The molecule has 0 saturated heterocycles. The SMILES string of the molecule is N#CC(C#N)=C(N)[C@]1(C#N)[C@@H](C#N)[C@@H]1c1ccccc1. The quantitative estimate of drug-likeness (QED) is 0.810. The number of benzene rings is 1. The third-order valence-electron chi connectivity index (χ3n) is 3.63. The maximum absolute atomic E-state index is 9.47. The van der Waals surface area contributed by atoms with Gasteiger partial charge >= 0.3 is 0 Å². The summed E-state index contributed by atoms with van der Waals surface area (Å²) in [5, 5.41) is 36.5. The molecule has 0 unspecified atom stereocenters. The van der Waals surface area contributed by atoms with Crippen LogP contribution < -0.4 is 5.73 Å². The first-order valence-electron chi connectivity index (χ1n) is 5.83. The molecule has 5 nitrogen and oxygen atoms in total. The molecule has 0 radical (unpaired) electrons. The van der Waals surface area contributed by atoms with Crippen molar-refractivity contribution in [1.29, 1.82) is 21.0 Å². The van der Waals surface area contributed by atoms with Gasteiger partial charge < -0.3 is 5.73 Å². The average Bonchev–Trinajstić information content (AvgIpc) is 3.18. The number of nitrogens with two attached hydrogens (primary N) is 1. The van der Waals surface area contributed by atoms with Gasteiger partial charge in [-0.05, 0) is 5.56 Å². The number of rotatable bonds is 2. The third kappa shape index (κ3) is 1.59. The van der Waals surface area contributed by atoms with E-state index in [1.165, 1.54) is 0 Å². The zero-order valence-corrected chi connectivity index (χ0v) is 10.4. The van der Waals surface area contributed by atoms with E-state index >= 15 is 0 Å². The summed E-state index contributed by atoms with van der Waals surface area (Å²) in [6.07, 6.45) is 0. The fraction of sp³-hybridized carbons (Fsp3) is 0.200. The first kappa shape index (κ1) is 13.2. The van der Waals surface area contributed by atoms with E-state index < -0.39 is 17.3 Å². The van der Waals surface area contributed by atoms with Gasteiger partial charge in [-0.2, -0.15) is 21.0 Å². The standard InChI is InChI=1S/C15H9N5/c16-6-11(7-17)14(20)15(9-19)12(8-18)13(15)10-4-2-1-3-5-10/h1-5,12-13H,20H2/t12-,13-,15+/m0/s1. The third-order valence-corrected chi connectivity index (χ3v) is 3.63. The molecule has 0 aliphatic heterocycles. The number of hydrogen-bond donors (Lipinski definition) is 1. The minimum Gasteiger partial charge on any atom is -0.399 e. The number of nitriles is 4. The van der Waals surface area contributed by atoms with Crippen LogP contribution in [0, 0.1) is 56.7 Å². The molecule has 1 aromatic carbocycles. The zero-order chi connectivity index (χ0) is 14.8. The molecule has 94 valence electrons. The Morgan fingerprint density at radius 3 is 2.10 bits per heavy atom. The largest absolute Gasteiger partial charge is 0.399 e. The van der Waals surface area contributed by atoms with E-state index in [-0.39, 0.29) is 11.3 Å². The van der Waals surface area contributed by atoms with E-state index in [4.69, 9.17) is 16.3 Å². The van der Waals surface area contributed by atoms with Crippen LogP contribution in [0.3, 0.4) is 0 Å². The molecule has 20 heavy (non-hydrogen) atoms. The predicted octanol–water partition coefficient (Wildman–Crippen LogP) is 1.69. The van der Waals surface area contributed by atoms with Crippen molar-refractivity contribution in [2.75, 3.05) is 0 Å². The van der Waals surface area contributed by atoms with Crippen LogP contribution in [0.4, 0.5) is 0 Å². The van der Waals surface area contributed by atoms with Gasteiger partial charge in [0.25, 0.3) is 0 Å². The lowest BCUT2D eigenvalue weighted by Crippen LogP contribution is -2.17. The second-order valence-corrected chi connectivity index (χ2v) is 4.49. The second kappa shape index (κ2) is 4.77. The van der Waals surface area contributed by atoms with Gasteiger partial charge in [-0.1, -0.05) is 30.3 Å². The highest BCUT2D eigenvalue weighted by Crippen LogP contribution is 2.67. The molecule has 0 heterocycles. The average molecular weight is 259 g/mol. The maximum Gasteiger partial charge on any atom is 0.150 e. The topological polar surface area (TPSA) is 121 Å². The summed E-state index contributed by atoms with van der Waals surface area (Å²) in [5.74, 6) is -1.05. The van der Waals surface area contributed by atoms with Gasteiger partial charge in [-0.15, -0.1) is 0 Å².